The van der Waals surface area contributed by atoms with Crippen molar-refractivity contribution in [3.63, 3.8) is 0 Å². The number of aliphatic carboxylic acids is 1. The molecule has 2 fully saturated rings. The maximum atomic E-state index is 12.7. The lowest BCUT2D eigenvalue weighted by molar-refractivity contribution is -0.143. The van der Waals surface area contributed by atoms with Gasteiger partial charge in [-0.1, -0.05) is 48.5 Å². The predicted octanol–water partition coefficient (Wildman–Crippen LogP) is 3.73. The summed E-state index contributed by atoms with van der Waals surface area (Å²) in [6.07, 6.45) is 1.38. The Morgan fingerprint density at radius 1 is 1.00 bits per heavy atom. The summed E-state index contributed by atoms with van der Waals surface area (Å²) in [6, 6.07) is 15.6. The molecule has 5 nitrogen and oxygen atoms in total. The minimum atomic E-state index is -0.921. The minimum Gasteiger partial charge on any atom is -0.480 e. The van der Waals surface area contributed by atoms with Gasteiger partial charge in [-0.15, -0.1) is 0 Å². The molecule has 3 atom stereocenters. The topological polar surface area (TPSA) is 66.8 Å². The van der Waals surface area contributed by atoms with Gasteiger partial charge in [0.2, 0.25) is 0 Å². The molecule has 2 aliphatic carbocycles. The van der Waals surface area contributed by atoms with Crippen LogP contribution in [0.15, 0.2) is 48.5 Å². The van der Waals surface area contributed by atoms with Crippen LogP contribution in [-0.4, -0.2) is 41.3 Å². The van der Waals surface area contributed by atoms with Gasteiger partial charge in [0.05, 0.1) is 0 Å². The van der Waals surface area contributed by atoms with Gasteiger partial charge in [0.1, 0.15) is 12.6 Å². The van der Waals surface area contributed by atoms with Crippen LogP contribution in [-0.2, 0) is 9.53 Å². The van der Waals surface area contributed by atoms with Crippen LogP contribution in [0.1, 0.15) is 29.9 Å². The molecule has 27 heavy (non-hydrogen) atoms. The Labute approximate surface area is 157 Å². The first kappa shape index (κ1) is 16.4. The fraction of sp³-hybridized carbons (Fsp3) is 0.364. The number of carboxylic acid groups (broad SMARTS) is 1. The fourth-order valence-electron chi connectivity index (χ4n) is 5.02. The summed E-state index contributed by atoms with van der Waals surface area (Å²) in [5, 5.41) is 9.55. The molecule has 1 aliphatic heterocycles. The van der Waals surface area contributed by atoms with Gasteiger partial charge < -0.3 is 9.84 Å². The summed E-state index contributed by atoms with van der Waals surface area (Å²) < 4.78 is 5.65. The molecule has 5 rings (SSSR count). The van der Waals surface area contributed by atoms with E-state index in [4.69, 9.17) is 4.74 Å². The van der Waals surface area contributed by atoms with Crippen molar-refractivity contribution in [3.05, 3.63) is 59.7 Å². The third kappa shape index (κ3) is 2.45. The fourth-order valence-corrected chi connectivity index (χ4v) is 5.02. The van der Waals surface area contributed by atoms with E-state index in [-0.39, 0.29) is 18.4 Å². The molecule has 1 heterocycles. The van der Waals surface area contributed by atoms with Crippen LogP contribution in [0.5, 0.6) is 0 Å². The van der Waals surface area contributed by atoms with E-state index in [9.17, 15) is 14.7 Å². The predicted molar refractivity (Wildman–Crippen MR) is 99.4 cm³/mol. The van der Waals surface area contributed by atoms with Crippen molar-refractivity contribution in [2.75, 3.05) is 13.2 Å². The summed E-state index contributed by atoms with van der Waals surface area (Å²) >= 11 is 0. The highest BCUT2D eigenvalue weighted by Crippen LogP contribution is 2.46. The van der Waals surface area contributed by atoms with E-state index in [0.29, 0.717) is 12.5 Å². The van der Waals surface area contributed by atoms with E-state index in [1.807, 2.05) is 24.3 Å². The number of nitrogens with zero attached hydrogens (tertiary/aromatic N) is 1. The molecular formula is C22H21NO4. The smallest absolute Gasteiger partial charge is 0.410 e. The molecule has 0 radical (unpaired) electrons. The number of hydrogen-bond donors (Lipinski definition) is 1. The van der Waals surface area contributed by atoms with Gasteiger partial charge in [0.25, 0.3) is 0 Å². The first-order valence-corrected chi connectivity index (χ1v) is 9.49. The molecule has 1 saturated carbocycles. The average molecular weight is 363 g/mol. The summed E-state index contributed by atoms with van der Waals surface area (Å²) in [6.45, 7) is 0.726. The second-order valence-corrected chi connectivity index (χ2v) is 7.74. The number of ether oxygens (including phenoxy) is 1. The second kappa shape index (κ2) is 6.12. The Hall–Kier alpha value is -2.82. The molecule has 5 heteroatoms. The van der Waals surface area contributed by atoms with Crippen molar-refractivity contribution >= 4 is 12.1 Å². The Morgan fingerprint density at radius 2 is 1.63 bits per heavy atom. The van der Waals surface area contributed by atoms with Crippen molar-refractivity contribution in [1.29, 1.82) is 0 Å². The number of fused-ring (bicyclic) bond motifs is 4. The van der Waals surface area contributed by atoms with Crippen molar-refractivity contribution < 1.29 is 19.4 Å². The molecule has 3 aliphatic rings. The SMILES string of the molecule is O=C(O)[C@@H]1[C@@H]2CC[C@@H]2CN1C(=O)OCC1c2ccccc2-c2ccccc21. The van der Waals surface area contributed by atoms with Gasteiger partial charge >= 0.3 is 12.1 Å². The number of likely N-dealkylation sites (tertiary alicyclic amines) is 1. The van der Waals surface area contributed by atoms with E-state index in [1.54, 1.807) is 0 Å². The number of carboxylic acids is 1. The molecule has 0 aromatic heterocycles. The van der Waals surface area contributed by atoms with Crippen LogP contribution < -0.4 is 0 Å². The lowest BCUT2D eigenvalue weighted by atomic mass is 9.73. The van der Waals surface area contributed by atoms with Gasteiger partial charge in [-0.25, -0.2) is 9.59 Å². The number of benzene rings is 2. The largest absolute Gasteiger partial charge is 0.480 e. The zero-order chi connectivity index (χ0) is 18.5. The molecule has 2 aromatic carbocycles. The summed E-state index contributed by atoms with van der Waals surface area (Å²) in [5.74, 6) is -0.533. The monoisotopic (exact) mass is 363 g/mol. The summed E-state index contributed by atoms with van der Waals surface area (Å²) in [7, 11) is 0. The van der Waals surface area contributed by atoms with Crippen molar-refractivity contribution in [2.45, 2.75) is 24.8 Å². The van der Waals surface area contributed by atoms with Crippen LogP contribution in [0.2, 0.25) is 0 Å². The van der Waals surface area contributed by atoms with E-state index in [2.05, 4.69) is 24.3 Å². The number of hydrogen-bond acceptors (Lipinski definition) is 3. The standard InChI is InChI=1S/C22H21NO4/c24-21(25)20-14-10-9-13(14)11-23(20)22(26)27-12-19-17-7-3-1-5-15(17)16-6-2-4-8-18(16)19/h1-8,13-14,19-20H,9-12H2,(H,24,25)/t13-,14-,20+/m1/s1. The average Bonchev–Trinajstić information content (AvgIpc) is 3.12. The molecule has 138 valence electrons. The summed E-state index contributed by atoms with van der Waals surface area (Å²) in [5.41, 5.74) is 4.67. The highest BCUT2D eigenvalue weighted by molar-refractivity contribution is 5.82. The molecular weight excluding hydrogens is 342 g/mol. The van der Waals surface area contributed by atoms with E-state index < -0.39 is 18.1 Å². The van der Waals surface area contributed by atoms with Gasteiger partial charge in [-0.3, -0.25) is 4.90 Å². The third-order valence-electron chi connectivity index (χ3n) is 6.47. The summed E-state index contributed by atoms with van der Waals surface area (Å²) in [4.78, 5) is 25.8. The lowest BCUT2D eigenvalue weighted by Crippen LogP contribution is -2.44. The highest BCUT2D eigenvalue weighted by atomic mass is 16.6. The number of carbonyl (C=O) groups is 2. The number of rotatable bonds is 3. The van der Waals surface area contributed by atoms with E-state index in [1.165, 1.54) is 16.0 Å². The molecule has 1 N–H and O–H groups in total. The lowest BCUT2D eigenvalue weighted by Gasteiger charge is -2.31. The highest BCUT2D eigenvalue weighted by Gasteiger charge is 2.52. The van der Waals surface area contributed by atoms with Crippen molar-refractivity contribution in [3.8, 4) is 11.1 Å². The van der Waals surface area contributed by atoms with Crippen molar-refractivity contribution in [1.82, 2.24) is 4.90 Å². The molecule has 0 bridgehead atoms. The van der Waals surface area contributed by atoms with Crippen LogP contribution in [0.3, 0.4) is 0 Å². The van der Waals surface area contributed by atoms with Gasteiger partial charge in [-0.2, -0.15) is 0 Å². The second-order valence-electron chi connectivity index (χ2n) is 7.74. The maximum absolute atomic E-state index is 12.7. The molecule has 1 amide bonds. The maximum Gasteiger partial charge on any atom is 0.410 e. The molecule has 1 saturated heterocycles. The van der Waals surface area contributed by atoms with Gasteiger partial charge in [0.15, 0.2) is 0 Å². The van der Waals surface area contributed by atoms with Crippen LogP contribution in [0.4, 0.5) is 4.79 Å². The Balaban J connectivity index is 1.36. The number of amides is 1. The van der Waals surface area contributed by atoms with Crippen LogP contribution in [0, 0.1) is 11.8 Å². The van der Waals surface area contributed by atoms with Gasteiger partial charge in [-0.05, 0) is 46.9 Å². The zero-order valence-corrected chi connectivity index (χ0v) is 14.9. The van der Waals surface area contributed by atoms with Crippen LogP contribution in [0.25, 0.3) is 11.1 Å². The van der Waals surface area contributed by atoms with E-state index >= 15 is 0 Å². The Morgan fingerprint density at radius 3 is 2.19 bits per heavy atom. The first-order chi connectivity index (χ1) is 13.1. The van der Waals surface area contributed by atoms with Crippen molar-refractivity contribution in [2.24, 2.45) is 11.8 Å². The van der Waals surface area contributed by atoms with Crippen LogP contribution >= 0.6 is 0 Å². The number of carbonyl (C=O) groups excluding carboxylic acids is 1. The molecule has 2 aromatic rings. The molecule has 0 unspecified atom stereocenters. The third-order valence-corrected chi connectivity index (χ3v) is 6.47. The Bertz CT molecular complexity index is 879. The first-order valence-electron chi connectivity index (χ1n) is 9.49. The molecule has 0 spiro atoms. The normalized spacial score (nSPS) is 25.3. The van der Waals surface area contributed by atoms with E-state index in [0.717, 1.165) is 24.0 Å². The quantitative estimate of drug-likeness (QED) is 0.902. The zero-order valence-electron chi connectivity index (χ0n) is 14.9. The minimum absolute atomic E-state index is 0.0102. The van der Waals surface area contributed by atoms with Gasteiger partial charge in [0, 0.05) is 12.5 Å². The Kier molecular flexibility index (Phi) is 3.71.